The molecule has 0 aromatic heterocycles. The van der Waals surface area contributed by atoms with Crippen LogP contribution in [0.3, 0.4) is 0 Å². The van der Waals surface area contributed by atoms with E-state index in [-0.39, 0.29) is 17.2 Å². The lowest BCUT2D eigenvalue weighted by Crippen LogP contribution is -2.44. The van der Waals surface area contributed by atoms with Gasteiger partial charge < -0.3 is 14.1 Å². The second kappa shape index (κ2) is 6.19. The largest absolute Gasteiger partial charge is 0.543 e. The van der Waals surface area contributed by atoms with E-state index in [2.05, 4.69) is 46.9 Å². The Morgan fingerprint density at radius 2 is 2.00 bits per heavy atom. The van der Waals surface area contributed by atoms with Gasteiger partial charge in [-0.3, -0.25) is 0 Å². The topological polar surface area (TPSA) is 38.8 Å². The van der Waals surface area contributed by atoms with Crippen LogP contribution in [0.4, 0.5) is 4.79 Å². The fourth-order valence-electron chi connectivity index (χ4n) is 2.37. The summed E-state index contributed by atoms with van der Waals surface area (Å²) < 4.78 is 11.6. The molecule has 1 aromatic carbocycles. The summed E-state index contributed by atoms with van der Waals surface area (Å²) in [4.78, 5) is 13.5. The van der Waals surface area contributed by atoms with E-state index in [9.17, 15) is 4.79 Å². The van der Waals surface area contributed by atoms with Gasteiger partial charge in [0.15, 0.2) is 0 Å². The maximum Gasteiger partial charge on any atom is 0.410 e. The lowest BCUT2D eigenvalue weighted by molar-refractivity contribution is 0.137. The Hall–Kier alpha value is -1.49. The highest BCUT2D eigenvalue weighted by Crippen LogP contribution is 2.38. The van der Waals surface area contributed by atoms with Crippen LogP contribution < -0.4 is 4.43 Å². The van der Waals surface area contributed by atoms with Crippen LogP contribution in [0.15, 0.2) is 18.2 Å². The molecule has 1 aliphatic rings. The molecule has 1 aliphatic heterocycles. The third kappa shape index (κ3) is 4.08. The van der Waals surface area contributed by atoms with Gasteiger partial charge in [0.25, 0.3) is 0 Å². The molecule has 0 unspecified atom stereocenters. The highest BCUT2D eigenvalue weighted by molar-refractivity contribution is 6.74. The van der Waals surface area contributed by atoms with Crippen LogP contribution in [0.25, 0.3) is 0 Å². The van der Waals surface area contributed by atoms with Crippen LogP contribution in [0.2, 0.25) is 18.1 Å². The van der Waals surface area contributed by atoms with E-state index in [0.717, 1.165) is 16.9 Å². The van der Waals surface area contributed by atoms with Gasteiger partial charge in [0.1, 0.15) is 11.9 Å². The highest BCUT2D eigenvalue weighted by atomic mass is 28.4. The molecule has 1 saturated heterocycles. The van der Waals surface area contributed by atoms with Gasteiger partial charge in [-0.15, -0.1) is 0 Å². The number of rotatable bonds is 4. The van der Waals surface area contributed by atoms with E-state index >= 15 is 0 Å². The summed E-state index contributed by atoms with van der Waals surface area (Å²) in [5.41, 5.74) is 2.23. The predicted octanol–water partition coefficient (Wildman–Crippen LogP) is 4.72. The van der Waals surface area contributed by atoms with Crippen molar-refractivity contribution in [3.63, 3.8) is 0 Å². The molecule has 4 nitrogen and oxygen atoms in total. The number of cyclic esters (lactones) is 1. The number of hydrogen-bond donors (Lipinski definition) is 0. The van der Waals surface area contributed by atoms with Crippen LogP contribution in [0.5, 0.6) is 5.75 Å². The molecule has 2 rings (SSSR count). The Morgan fingerprint density at radius 3 is 2.48 bits per heavy atom. The minimum atomic E-state index is -1.83. The van der Waals surface area contributed by atoms with Crippen molar-refractivity contribution in [3.8, 4) is 5.75 Å². The van der Waals surface area contributed by atoms with Crippen LogP contribution in [-0.4, -0.2) is 32.0 Å². The quantitative estimate of drug-likeness (QED) is 0.747. The van der Waals surface area contributed by atoms with Crippen LogP contribution in [-0.2, 0) is 11.3 Å². The molecule has 128 valence electrons. The molecule has 0 saturated carbocycles. The van der Waals surface area contributed by atoms with Gasteiger partial charge in [-0.1, -0.05) is 32.9 Å². The van der Waals surface area contributed by atoms with Crippen molar-refractivity contribution < 1.29 is 14.0 Å². The first-order valence-corrected chi connectivity index (χ1v) is 11.1. The lowest BCUT2D eigenvalue weighted by atomic mass is 10.1. The minimum absolute atomic E-state index is 0.0233. The predicted molar refractivity (Wildman–Crippen MR) is 95.4 cm³/mol. The number of benzene rings is 1. The van der Waals surface area contributed by atoms with Gasteiger partial charge >= 0.3 is 6.09 Å². The second-order valence-corrected chi connectivity index (χ2v) is 12.8. The van der Waals surface area contributed by atoms with Gasteiger partial charge in [0.2, 0.25) is 8.32 Å². The fourth-order valence-corrected chi connectivity index (χ4v) is 3.46. The monoisotopic (exact) mass is 335 g/mol. The molecule has 23 heavy (non-hydrogen) atoms. The van der Waals surface area contributed by atoms with Crippen LogP contribution in [0, 0.1) is 6.92 Å². The average molecular weight is 336 g/mol. The molecule has 0 radical (unpaired) electrons. The molecular formula is C18H29NO3Si. The van der Waals surface area contributed by atoms with Gasteiger partial charge in [0, 0.05) is 6.54 Å². The van der Waals surface area contributed by atoms with Crippen molar-refractivity contribution in [2.75, 3.05) is 6.54 Å². The third-order valence-corrected chi connectivity index (χ3v) is 9.16. The van der Waals surface area contributed by atoms with E-state index in [1.807, 2.05) is 19.1 Å². The normalized spacial score (nSPS) is 19.0. The molecule has 0 spiro atoms. The number of aryl methyl sites for hydroxylation is 1. The first kappa shape index (κ1) is 17.9. The van der Waals surface area contributed by atoms with Gasteiger partial charge in [-0.25, -0.2) is 4.79 Å². The van der Waals surface area contributed by atoms with Crippen molar-refractivity contribution >= 4 is 14.4 Å². The average Bonchev–Trinajstić information content (AvgIpc) is 2.69. The lowest BCUT2D eigenvalue weighted by Gasteiger charge is -2.37. The summed E-state index contributed by atoms with van der Waals surface area (Å²) in [5.74, 6) is 0.956. The van der Waals surface area contributed by atoms with Gasteiger partial charge in [-0.05, 0) is 49.2 Å². The number of hydrogen-bond acceptors (Lipinski definition) is 3. The summed E-state index contributed by atoms with van der Waals surface area (Å²) in [5, 5.41) is 0.174. The smallest absolute Gasteiger partial charge is 0.410 e. The third-order valence-electron chi connectivity index (χ3n) is 4.82. The number of nitrogens with zero attached hydrogens (tertiary/aromatic N) is 1. The van der Waals surface area contributed by atoms with Crippen molar-refractivity contribution in [3.05, 3.63) is 29.3 Å². The molecule has 1 fully saturated rings. The zero-order chi connectivity index (χ0) is 17.4. The summed E-state index contributed by atoms with van der Waals surface area (Å²) in [6.07, 6.45) is -0.249. The molecule has 1 atom stereocenters. The van der Waals surface area contributed by atoms with E-state index in [4.69, 9.17) is 9.16 Å². The second-order valence-electron chi connectivity index (χ2n) is 8.04. The Kier molecular flexibility index (Phi) is 4.80. The van der Waals surface area contributed by atoms with E-state index in [1.54, 1.807) is 4.90 Å². The molecule has 1 aromatic rings. The minimum Gasteiger partial charge on any atom is -0.543 e. The molecule has 5 heteroatoms. The summed E-state index contributed by atoms with van der Waals surface area (Å²) >= 11 is 0. The van der Waals surface area contributed by atoms with E-state index in [0.29, 0.717) is 13.1 Å². The van der Waals surface area contributed by atoms with Gasteiger partial charge in [0.05, 0.1) is 6.54 Å². The SMILES string of the molecule is Cc1cc(CN2C[C@@H](C)OC2=O)ccc1O[Si](C)(C)C(C)(C)C. The highest BCUT2D eigenvalue weighted by Gasteiger charge is 2.39. The zero-order valence-corrected chi connectivity index (χ0v) is 16.4. The molecule has 1 heterocycles. The Morgan fingerprint density at radius 1 is 1.35 bits per heavy atom. The zero-order valence-electron chi connectivity index (χ0n) is 15.4. The maximum absolute atomic E-state index is 11.7. The molecule has 1 amide bonds. The number of carbonyl (C=O) groups is 1. The number of ether oxygens (including phenoxy) is 1. The summed E-state index contributed by atoms with van der Waals surface area (Å²) in [6, 6.07) is 6.19. The fraction of sp³-hybridized carbons (Fsp3) is 0.611. The summed E-state index contributed by atoms with van der Waals surface area (Å²) in [6.45, 7) is 16.4. The van der Waals surface area contributed by atoms with E-state index in [1.165, 1.54) is 0 Å². The first-order chi connectivity index (χ1) is 10.5. The molecule has 0 bridgehead atoms. The standard InChI is InChI=1S/C18H29NO3Si/c1-13-10-15(12-19-11-14(2)21-17(19)20)8-9-16(13)22-23(6,7)18(3,4)5/h8-10,14H,11-12H2,1-7H3/t14-/m1/s1. The Labute approximate surface area is 140 Å². The molecule has 0 N–H and O–H groups in total. The Bertz CT molecular complexity index is 592. The number of carbonyl (C=O) groups excluding carboxylic acids is 1. The van der Waals surface area contributed by atoms with Crippen LogP contribution in [0.1, 0.15) is 38.8 Å². The van der Waals surface area contributed by atoms with Crippen LogP contribution >= 0.6 is 0 Å². The van der Waals surface area contributed by atoms with Crippen molar-refractivity contribution in [2.45, 2.75) is 65.4 Å². The van der Waals surface area contributed by atoms with Crippen molar-refractivity contribution in [2.24, 2.45) is 0 Å². The van der Waals surface area contributed by atoms with Gasteiger partial charge in [-0.2, -0.15) is 0 Å². The molecular weight excluding hydrogens is 306 g/mol. The van der Waals surface area contributed by atoms with Crippen molar-refractivity contribution in [1.82, 2.24) is 4.90 Å². The summed E-state index contributed by atoms with van der Waals surface area (Å²) in [7, 11) is -1.83. The molecule has 0 aliphatic carbocycles. The van der Waals surface area contributed by atoms with E-state index < -0.39 is 8.32 Å². The van der Waals surface area contributed by atoms with Crippen molar-refractivity contribution in [1.29, 1.82) is 0 Å². The first-order valence-electron chi connectivity index (χ1n) is 8.24. The Balaban J connectivity index is 2.11. The number of amides is 1. The maximum atomic E-state index is 11.7.